The summed E-state index contributed by atoms with van der Waals surface area (Å²) < 4.78 is 0. The van der Waals surface area contributed by atoms with Gasteiger partial charge in [-0.25, -0.2) is 0 Å². The van der Waals surface area contributed by atoms with Crippen LogP contribution in [-0.2, 0) is 0 Å². The number of allylic oxidation sites excluding steroid dienone is 1. The van der Waals surface area contributed by atoms with Gasteiger partial charge in [-0.05, 0) is 46.7 Å². The molecule has 0 aliphatic rings. The van der Waals surface area contributed by atoms with Crippen molar-refractivity contribution in [2.45, 2.75) is 53.4 Å². The zero-order valence-corrected chi connectivity index (χ0v) is 13.3. The molecule has 0 fully saturated rings. The van der Waals surface area contributed by atoms with Crippen LogP contribution in [0.2, 0.25) is 0 Å². The molecular weight excluding hydrogens is 244 g/mol. The van der Waals surface area contributed by atoms with Gasteiger partial charge in [-0.3, -0.25) is 0 Å². The second kappa shape index (κ2) is 8.93. The van der Waals surface area contributed by atoms with E-state index in [9.17, 15) is 0 Å². The average molecular weight is 271 g/mol. The molecule has 0 saturated heterocycles. The molecule has 3 unspecified atom stereocenters. The van der Waals surface area contributed by atoms with Crippen molar-refractivity contribution < 1.29 is 0 Å². The number of hydrogen-bond acceptors (Lipinski definition) is 2. The van der Waals surface area contributed by atoms with E-state index in [0.29, 0.717) is 17.8 Å². The number of rotatable bonds is 9. The Bertz CT molecular complexity index is 268. The lowest BCUT2D eigenvalue weighted by atomic mass is 9.82. The lowest BCUT2D eigenvalue weighted by Crippen LogP contribution is -2.16. The molecule has 0 aromatic heterocycles. The largest absolute Gasteiger partial charge is 0.103 e. The molecule has 0 nitrogen and oxygen atoms in total. The summed E-state index contributed by atoms with van der Waals surface area (Å²) >= 11 is 10.6. The maximum atomic E-state index is 5.39. The van der Waals surface area contributed by atoms with Gasteiger partial charge < -0.3 is 0 Å². The molecule has 0 heterocycles. The Balaban J connectivity index is 3.98. The fraction of sp³-hybridized carbons (Fsp3) is 0.733. The minimum absolute atomic E-state index is 0.579. The molecule has 0 N–H and O–H groups in total. The second-order valence-corrected chi connectivity index (χ2v) is 6.23. The van der Waals surface area contributed by atoms with Crippen LogP contribution in [0.4, 0.5) is 0 Å². The van der Waals surface area contributed by atoms with Crippen molar-refractivity contribution in [2.24, 2.45) is 17.8 Å². The van der Waals surface area contributed by atoms with Crippen LogP contribution in [0.1, 0.15) is 53.4 Å². The fourth-order valence-electron chi connectivity index (χ4n) is 1.82. The maximum Gasteiger partial charge on any atom is 0.0102 e. The highest BCUT2D eigenvalue weighted by molar-refractivity contribution is 7.82. The summed E-state index contributed by atoms with van der Waals surface area (Å²) in [7, 11) is 0. The normalized spacial score (nSPS) is 16.0. The van der Waals surface area contributed by atoms with E-state index in [4.69, 9.17) is 24.4 Å². The molecule has 0 aromatic carbocycles. The molecule has 0 rings (SSSR count). The molecule has 0 aliphatic carbocycles. The molecule has 0 radical (unpaired) electrons. The molecule has 3 atom stereocenters. The van der Waals surface area contributed by atoms with Gasteiger partial charge in [0.1, 0.15) is 0 Å². The minimum Gasteiger partial charge on any atom is -0.103 e. The van der Waals surface area contributed by atoms with Gasteiger partial charge in [0.2, 0.25) is 0 Å². The first-order chi connectivity index (χ1) is 7.92. The summed E-state index contributed by atoms with van der Waals surface area (Å²) in [4.78, 5) is 2.22. The Labute approximate surface area is 118 Å². The van der Waals surface area contributed by atoms with Crippen molar-refractivity contribution in [2.75, 3.05) is 0 Å². The molecule has 0 spiro atoms. The highest BCUT2D eigenvalue weighted by Gasteiger charge is 2.17. The van der Waals surface area contributed by atoms with E-state index in [1.165, 1.54) is 6.42 Å². The third-order valence-electron chi connectivity index (χ3n) is 3.77. The lowest BCUT2D eigenvalue weighted by Gasteiger charge is -2.24. The predicted octanol–water partition coefficient (Wildman–Crippen LogP) is 5.40. The van der Waals surface area contributed by atoms with Crippen molar-refractivity contribution in [3.05, 3.63) is 12.7 Å². The maximum absolute atomic E-state index is 5.39. The van der Waals surface area contributed by atoms with Crippen molar-refractivity contribution in [1.82, 2.24) is 0 Å². The van der Waals surface area contributed by atoms with Crippen molar-refractivity contribution in [1.29, 1.82) is 0 Å². The van der Waals surface area contributed by atoms with Gasteiger partial charge in [-0.2, -0.15) is 0 Å². The van der Waals surface area contributed by atoms with Gasteiger partial charge in [0.25, 0.3) is 0 Å². The van der Waals surface area contributed by atoms with Crippen LogP contribution in [0.3, 0.4) is 0 Å². The molecule has 0 amide bonds. The Hall–Kier alpha value is -0.0800. The van der Waals surface area contributed by atoms with Gasteiger partial charge in [0.05, 0.1) is 0 Å². The monoisotopic (exact) mass is 270 g/mol. The molecule has 0 aliphatic heterocycles. The van der Waals surface area contributed by atoms with Crippen molar-refractivity contribution in [3.63, 3.8) is 0 Å². The van der Waals surface area contributed by atoms with Crippen LogP contribution in [-0.4, -0.2) is 9.73 Å². The molecular formula is C15H26S2. The minimum atomic E-state index is 0.579. The molecule has 2 heteroatoms. The molecule has 0 saturated carbocycles. The van der Waals surface area contributed by atoms with Crippen molar-refractivity contribution >= 4 is 34.2 Å². The highest BCUT2D eigenvalue weighted by Crippen LogP contribution is 2.25. The van der Waals surface area contributed by atoms with Gasteiger partial charge in [0.15, 0.2) is 0 Å². The van der Waals surface area contributed by atoms with Gasteiger partial charge in [-0.15, -0.1) is 6.58 Å². The molecule has 17 heavy (non-hydrogen) atoms. The Morgan fingerprint density at radius 2 is 1.76 bits per heavy atom. The van der Waals surface area contributed by atoms with E-state index < -0.39 is 0 Å². The Morgan fingerprint density at radius 1 is 1.18 bits per heavy atom. The van der Waals surface area contributed by atoms with E-state index in [1.807, 2.05) is 6.08 Å². The second-order valence-electron chi connectivity index (χ2n) is 5.08. The van der Waals surface area contributed by atoms with E-state index in [-0.39, 0.29) is 0 Å². The van der Waals surface area contributed by atoms with E-state index in [2.05, 4.69) is 34.3 Å². The van der Waals surface area contributed by atoms with Crippen LogP contribution in [0.15, 0.2) is 12.7 Å². The summed E-state index contributed by atoms with van der Waals surface area (Å²) in [5.74, 6) is 1.94. The van der Waals surface area contributed by atoms with E-state index in [0.717, 1.165) is 29.0 Å². The fourth-order valence-corrected chi connectivity index (χ4v) is 2.38. The third kappa shape index (κ3) is 7.05. The number of thiocarbonyl (C=S) groups is 2. The first-order valence-corrected chi connectivity index (χ1v) is 7.39. The van der Waals surface area contributed by atoms with Crippen LogP contribution in [0.5, 0.6) is 0 Å². The van der Waals surface area contributed by atoms with Crippen LogP contribution < -0.4 is 0 Å². The van der Waals surface area contributed by atoms with Gasteiger partial charge in [-0.1, -0.05) is 58.2 Å². The molecule has 0 aromatic rings. The average Bonchev–Trinajstić information content (AvgIpc) is 2.33. The molecule has 0 bridgehead atoms. The molecule has 98 valence electrons. The first kappa shape index (κ1) is 16.9. The smallest absolute Gasteiger partial charge is 0.0102 e. The van der Waals surface area contributed by atoms with Crippen LogP contribution in [0, 0.1) is 17.8 Å². The van der Waals surface area contributed by atoms with Crippen LogP contribution in [0.25, 0.3) is 0 Å². The first-order valence-electron chi connectivity index (χ1n) is 6.58. The highest BCUT2D eigenvalue weighted by atomic mass is 32.1. The summed E-state index contributed by atoms with van der Waals surface area (Å²) in [5.41, 5.74) is 0. The van der Waals surface area contributed by atoms with Gasteiger partial charge >= 0.3 is 0 Å². The van der Waals surface area contributed by atoms with E-state index >= 15 is 0 Å². The third-order valence-corrected chi connectivity index (χ3v) is 4.55. The topological polar surface area (TPSA) is 0 Å². The van der Waals surface area contributed by atoms with Crippen molar-refractivity contribution in [3.8, 4) is 0 Å². The SMILES string of the molecule is C=CC(C)C(C)C(C)CCC(=S)CC(=S)CC. The van der Waals surface area contributed by atoms with Gasteiger partial charge in [0, 0.05) is 6.42 Å². The number of hydrogen-bond donors (Lipinski definition) is 0. The van der Waals surface area contributed by atoms with E-state index in [1.54, 1.807) is 0 Å². The standard InChI is InChI=1S/C15H26S2/c1-6-11(3)13(5)12(4)8-9-15(17)10-14(16)7-2/h6,11-13H,1,7-10H2,2-5H3. The Kier molecular flexibility index (Phi) is 8.89. The summed E-state index contributed by atoms with van der Waals surface area (Å²) in [6, 6.07) is 0. The summed E-state index contributed by atoms with van der Waals surface area (Å²) in [5, 5.41) is 0. The van der Waals surface area contributed by atoms with Crippen LogP contribution >= 0.6 is 24.4 Å². The predicted molar refractivity (Wildman–Crippen MR) is 87.0 cm³/mol. The Morgan fingerprint density at radius 3 is 2.24 bits per heavy atom. The zero-order valence-electron chi connectivity index (χ0n) is 11.7. The summed E-state index contributed by atoms with van der Waals surface area (Å²) in [6.07, 6.45) is 6.08. The summed E-state index contributed by atoms with van der Waals surface area (Å²) in [6.45, 7) is 12.8. The zero-order chi connectivity index (χ0) is 13.4. The quantitative estimate of drug-likeness (QED) is 0.406. The lowest BCUT2D eigenvalue weighted by molar-refractivity contribution is 0.307.